The first kappa shape index (κ1) is 15.9. The molecule has 0 aromatic heterocycles. The molecule has 0 heterocycles. The van der Waals surface area contributed by atoms with Crippen LogP contribution in [-0.2, 0) is 6.42 Å². The van der Waals surface area contributed by atoms with Crippen LogP contribution in [0.2, 0.25) is 0 Å². The van der Waals surface area contributed by atoms with Crippen LogP contribution in [0.25, 0.3) is 28.3 Å². The number of hydrogen-bond donors (Lipinski definition) is 0. The first-order valence-electron chi connectivity index (χ1n) is 9.13. The Morgan fingerprint density at radius 1 is 0.760 bits per heavy atom. The van der Waals surface area contributed by atoms with Gasteiger partial charge in [0, 0.05) is 0 Å². The molecule has 0 saturated heterocycles. The lowest BCUT2D eigenvalue weighted by molar-refractivity contribution is 0.754. The fourth-order valence-corrected chi connectivity index (χ4v) is 3.81. The fourth-order valence-electron chi connectivity index (χ4n) is 3.81. The SMILES string of the molecule is Cc1ccccc1-c1c(-c2ccccc2)ccc2c1C=C(C(C)C)C2. The lowest BCUT2D eigenvalue weighted by Gasteiger charge is -2.17. The van der Waals surface area contributed by atoms with Crippen molar-refractivity contribution in [2.24, 2.45) is 5.92 Å². The van der Waals surface area contributed by atoms with Crippen molar-refractivity contribution in [1.29, 1.82) is 0 Å². The molecule has 0 saturated carbocycles. The number of rotatable bonds is 3. The monoisotopic (exact) mass is 324 g/mol. The van der Waals surface area contributed by atoms with E-state index in [0.717, 1.165) is 6.42 Å². The molecular formula is C25H24. The van der Waals surface area contributed by atoms with Gasteiger partial charge in [-0.2, -0.15) is 0 Å². The molecule has 0 atom stereocenters. The van der Waals surface area contributed by atoms with Crippen molar-refractivity contribution in [3.63, 3.8) is 0 Å². The second-order valence-electron chi connectivity index (χ2n) is 7.29. The van der Waals surface area contributed by atoms with Crippen molar-refractivity contribution >= 4 is 6.08 Å². The Kier molecular flexibility index (Phi) is 4.05. The molecule has 0 unspecified atom stereocenters. The third-order valence-electron chi connectivity index (χ3n) is 5.30. The summed E-state index contributed by atoms with van der Waals surface area (Å²) in [5.74, 6) is 0.595. The highest BCUT2D eigenvalue weighted by atomic mass is 14.3. The van der Waals surface area contributed by atoms with E-state index in [1.54, 1.807) is 0 Å². The van der Waals surface area contributed by atoms with Crippen LogP contribution in [0.15, 0.2) is 72.3 Å². The average molecular weight is 324 g/mol. The van der Waals surface area contributed by atoms with Crippen molar-refractivity contribution in [1.82, 2.24) is 0 Å². The molecule has 0 nitrogen and oxygen atoms in total. The maximum atomic E-state index is 2.44. The molecule has 1 aliphatic rings. The second-order valence-corrected chi connectivity index (χ2v) is 7.29. The minimum atomic E-state index is 0.595. The Hall–Kier alpha value is -2.60. The van der Waals surface area contributed by atoms with Crippen LogP contribution in [0.1, 0.15) is 30.5 Å². The smallest absolute Gasteiger partial charge is 0.00273 e. The average Bonchev–Trinajstić information content (AvgIpc) is 3.07. The minimum absolute atomic E-state index is 0.595. The van der Waals surface area contributed by atoms with E-state index in [9.17, 15) is 0 Å². The van der Waals surface area contributed by atoms with E-state index in [2.05, 4.69) is 93.6 Å². The lowest BCUT2D eigenvalue weighted by Crippen LogP contribution is -1.95. The predicted octanol–water partition coefficient (Wildman–Crippen LogP) is 6.92. The summed E-state index contributed by atoms with van der Waals surface area (Å²) in [6, 6.07) is 24.2. The summed E-state index contributed by atoms with van der Waals surface area (Å²) in [5, 5.41) is 0. The van der Waals surface area contributed by atoms with Crippen molar-refractivity contribution in [3.8, 4) is 22.3 Å². The number of benzene rings is 3. The zero-order chi connectivity index (χ0) is 17.4. The number of hydrogen-bond acceptors (Lipinski definition) is 0. The number of allylic oxidation sites excluding steroid dienone is 1. The maximum Gasteiger partial charge on any atom is -0.00273 e. The molecular weight excluding hydrogens is 300 g/mol. The van der Waals surface area contributed by atoms with E-state index >= 15 is 0 Å². The normalized spacial score (nSPS) is 13.0. The van der Waals surface area contributed by atoms with Crippen molar-refractivity contribution < 1.29 is 0 Å². The third-order valence-corrected chi connectivity index (χ3v) is 5.30. The van der Waals surface area contributed by atoms with Crippen LogP contribution in [0.3, 0.4) is 0 Å². The summed E-state index contributed by atoms with van der Waals surface area (Å²) < 4.78 is 0. The molecule has 25 heavy (non-hydrogen) atoms. The Labute approximate surface area is 150 Å². The Morgan fingerprint density at radius 3 is 2.20 bits per heavy atom. The Morgan fingerprint density at radius 2 is 1.48 bits per heavy atom. The van der Waals surface area contributed by atoms with E-state index in [1.807, 2.05) is 0 Å². The summed E-state index contributed by atoms with van der Waals surface area (Å²) >= 11 is 0. The van der Waals surface area contributed by atoms with E-state index < -0.39 is 0 Å². The van der Waals surface area contributed by atoms with Gasteiger partial charge in [0.05, 0.1) is 0 Å². The highest BCUT2D eigenvalue weighted by Crippen LogP contribution is 2.43. The van der Waals surface area contributed by atoms with Crippen LogP contribution in [0.5, 0.6) is 0 Å². The molecule has 0 fully saturated rings. The van der Waals surface area contributed by atoms with Gasteiger partial charge in [0.25, 0.3) is 0 Å². The molecule has 124 valence electrons. The predicted molar refractivity (Wildman–Crippen MR) is 109 cm³/mol. The van der Waals surface area contributed by atoms with Crippen LogP contribution in [0.4, 0.5) is 0 Å². The second kappa shape index (κ2) is 6.37. The summed E-state index contributed by atoms with van der Waals surface area (Å²) in [5.41, 5.74) is 11.1. The molecule has 4 rings (SSSR count). The molecule has 0 radical (unpaired) electrons. The van der Waals surface area contributed by atoms with E-state index in [-0.39, 0.29) is 0 Å². The zero-order valence-electron chi connectivity index (χ0n) is 15.2. The van der Waals surface area contributed by atoms with Crippen molar-refractivity contribution in [2.75, 3.05) is 0 Å². The zero-order valence-corrected chi connectivity index (χ0v) is 15.2. The molecule has 3 aromatic rings. The standard InChI is InChI=1S/C25H24/c1-17(2)21-15-20-13-14-23(19-10-5-4-6-11-19)25(24(20)16-21)22-12-8-7-9-18(22)3/h4-14,16-17H,15H2,1-3H3. The van der Waals surface area contributed by atoms with Gasteiger partial charge in [-0.25, -0.2) is 0 Å². The minimum Gasteiger partial charge on any atom is -0.0626 e. The van der Waals surface area contributed by atoms with E-state index in [0.29, 0.717) is 5.92 Å². The fraction of sp³-hybridized carbons (Fsp3) is 0.200. The van der Waals surface area contributed by atoms with Gasteiger partial charge >= 0.3 is 0 Å². The lowest BCUT2D eigenvalue weighted by atomic mass is 9.87. The van der Waals surface area contributed by atoms with Gasteiger partial charge in [-0.1, -0.05) is 92.2 Å². The van der Waals surface area contributed by atoms with Gasteiger partial charge in [-0.05, 0) is 58.2 Å². The largest absolute Gasteiger partial charge is 0.0626 e. The van der Waals surface area contributed by atoms with Gasteiger partial charge in [-0.3, -0.25) is 0 Å². The van der Waals surface area contributed by atoms with Crippen LogP contribution < -0.4 is 0 Å². The number of fused-ring (bicyclic) bond motifs is 1. The summed E-state index contributed by atoms with van der Waals surface area (Å²) in [4.78, 5) is 0. The third kappa shape index (κ3) is 2.82. The quantitative estimate of drug-likeness (QED) is 0.490. The summed E-state index contributed by atoms with van der Waals surface area (Å²) in [6.07, 6.45) is 3.52. The van der Waals surface area contributed by atoms with Crippen LogP contribution in [-0.4, -0.2) is 0 Å². The van der Waals surface area contributed by atoms with E-state index in [4.69, 9.17) is 0 Å². The molecule has 1 aliphatic carbocycles. The van der Waals surface area contributed by atoms with E-state index in [1.165, 1.54) is 44.5 Å². The molecule has 3 aromatic carbocycles. The summed E-state index contributed by atoms with van der Waals surface area (Å²) in [7, 11) is 0. The van der Waals surface area contributed by atoms with Gasteiger partial charge in [-0.15, -0.1) is 0 Å². The summed E-state index contributed by atoms with van der Waals surface area (Å²) in [6.45, 7) is 6.80. The van der Waals surface area contributed by atoms with Crippen LogP contribution >= 0.6 is 0 Å². The molecule has 0 spiro atoms. The molecule has 0 amide bonds. The topological polar surface area (TPSA) is 0 Å². The van der Waals surface area contributed by atoms with Gasteiger partial charge in [0.1, 0.15) is 0 Å². The molecule has 0 bridgehead atoms. The molecule has 0 N–H and O–H groups in total. The highest BCUT2D eigenvalue weighted by molar-refractivity contribution is 5.93. The Bertz CT molecular complexity index is 943. The van der Waals surface area contributed by atoms with Crippen LogP contribution in [0, 0.1) is 12.8 Å². The van der Waals surface area contributed by atoms with Gasteiger partial charge in [0.15, 0.2) is 0 Å². The number of aryl methyl sites for hydroxylation is 1. The van der Waals surface area contributed by atoms with Gasteiger partial charge < -0.3 is 0 Å². The first-order valence-corrected chi connectivity index (χ1v) is 9.13. The highest BCUT2D eigenvalue weighted by Gasteiger charge is 2.22. The first-order chi connectivity index (χ1) is 12.1. The van der Waals surface area contributed by atoms with Gasteiger partial charge in [0.2, 0.25) is 0 Å². The molecule has 0 heteroatoms. The van der Waals surface area contributed by atoms with Crippen molar-refractivity contribution in [3.05, 3.63) is 89.0 Å². The maximum absolute atomic E-state index is 2.44. The Balaban J connectivity index is 2.02. The van der Waals surface area contributed by atoms with Crippen molar-refractivity contribution in [2.45, 2.75) is 27.2 Å². The molecule has 0 aliphatic heterocycles.